The zero-order chi connectivity index (χ0) is 15.9. The molecule has 0 rings (SSSR count). The predicted octanol–water partition coefficient (Wildman–Crippen LogP) is 4.10. The molecular formula is C11H16F6O2. The van der Waals surface area contributed by atoms with Gasteiger partial charge in [0.15, 0.2) is 0 Å². The molecule has 0 amide bonds. The van der Waals surface area contributed by atoms with Crippen LogP contribution in [0, 0.1) is 10.8 Å². The predicted molar refractivity (Wildman–Crippen MR) is 55.2 cm³/mol. The van der Waals surface area contributed by atoms with E-state index in [2.05, 4.69) is 4.74 Å². The number of carbonyl (C=O) groups excluding carboxylic acids is 1. The van der Waals surface area contributed by atoms with Crippen LogP contribution >= 0.6 is 0 Å². The number of hydrogen-bond acceptors (Lipinski definition) is 2. The first kappa shape index (κ1) is 18.0. The van der Waals surface area contributed by atoms with Crippen LogP contribution in [0.1, 0.15) is 34.6 Å². The third-order valence-electron chi connectivity index (χ3n) is 3.20. The molecule has 0 radical (unpaired) electrons. The van der Waals surface area contributed by atoms with Crippen LogP contribution in [0.2, 0.25) is 0 Å². The molecule has 0 saturated carbocycles. The molecule has 114 valence electrons. The highest BCUT2D eigenvalue weighted by Gasteiger charge is 2.61. The summed E-state index contributed by atoms with van der Waals surface area (Å²) in [6, 6.07) is 0. The molecule has 19 heavy (non-hydrogen) atoms. The zero-order valence-corrected chi connectivity index (χ0v) is 11.2. The quantitative estimate of drug-likeness (QED) is 0.566. The summed E-state index contributed by atoms with van der Waals surface area (Å²) in [6.45, 7) is 7.03. The van der Waals surface area contributed by atoms with Crippen LogP contribution < -0.4 is 0 Å². The van der Waals surface area contributed by atoms with Gasteiger partial charge in [-0.1, -0.05) is 20.8 Å². The van der Waals surface area contributed by atoms with E-state index in [4.69, 9.17) is 0 Å². The first-order chi connectivity index (χ1) is 8.01. The number of alkyl halides is 6. The number of carbonyl (C=O) groups is 1. The van der Waals surface area contributed by atoms with Gasteiger partial charge in [0.1, 0.15) is 0 Å². The minimum Gasteiger partial charge on any atom is -0.442 e. The summed E-state index contributed by atoms with van der Waals surface area (Å²) in [6.07, 6.45) is -15.5. The van der Waals surface area contributed by atoms with Gasteiger partial charge in [0.2, 0.25) is 0 Å². The highest BCUT2D eigenvalue weighted by atomic mass is 19.4. The van der Waals surface area contributed by atoms with Crippen LogP contribution in [0.25, 0.3) is 0 Å². The Hall–Kier alpha value is -0.950. The maximum Gasteiger partial charge on any atom is 0.434 e. The Balaban J connectivity index is 5.26. The van der Waals surface area contributed by atoms with Crippen molar-refractivity contribution in [3.05, 3.63) is 0 Å². The van der Waals surface area contributed by atoms with E-state index < -0.39 is 35.3 Å². The second-order valence-corrected chi connectivity index (χ2v) is 5.74. The number of halogens is 6. The Bertz CT molecular complexity index is 321. The molecule has 0 aliphatic heterocycles. The van der Waals surface area contributed by atoms with Crippen molar-refractivity contribution in [2.75, 3.05) is 0 Å². The first-order valence-corrected chi connectivity index (χ1v) is 5.36. The molecule has 0 fully saturated rings. The van der Waals surface area contributed by atoms with E-state index in [1.54, 1.807) is 0 Å². The van der Waals surface area contributed by atoms with Crippen molar-refractivity contribution >= 4 is 5.97 Å². The van der Waals surface area contributed by atoms with Crippen molar-refractivity contribution in [3.63, 3.8) is 0 Å². The van der Waals surface area contributed by atoms with Crippen molar-refractivity contribution in [3.8, 4) is 0 Å². The Morgan fingerprint density at radius 2 is 1.16 bits per heavy atom. The van der Waals surface area contributed by atoms with Crippen LogP contribution in [-0.4, -0.2) is 24.4 Å². The molecule has 0 spiro atoms. The Morgan fingerprint density at radius 3 is 1.37 bits per heavy atom. The number of esters is 1. The molecule has 0 aromatic rings. The monoisotopic (exact) mass is 294 g/mol. The fraction of sp³-hybridized carbons (Fsp3) is 0.909. The number of hydrogen-bond donors (Lipinski definition) is 0. The Kier molecular flexibility index (Phi) is 4.62. The van der Waals surface area contributed by atoms with Gasteiger partial charge in [-0.2, -0.15) is 26.3 Å². The van der Waals surface area contributed by atoms with Crippen LogP contribution in [0.4, 0.5) is 26.3 Å². The third-order valence-corrected chi connectivity index (χ3v) is 3.20. The van der Waals surface area contributed by atoms with Gasteiger partial charge in [-0.25, -0.2) is 0 Å². The molecule has 0 atom stereocenters. The minimum atomic E-state index is -5.69. The SMILES string of the molecule is CC(C)(C)C(C)(C)C(=O)OC(C(F)(F)F)C(F)(F)F. The fourth-order valence-electron chi connectivity index (χ4n) is 0.880. The summed E-state index contributed by atoms with van der Waals surface area (Å²) in [5, 5.41) is 0. The standard InChI is InChI=1S/C11H16F6O2/c1-8(2,3)9(4,5)7(18)19-6(10(12,13)14)11(15,16)17/h6H,1-5H3. The molecule has 0 heterocycles. The number of rotatable bonds is 2. The van der Waals surface area contributed by atoms with E-state index in [9.17, 15) is 31.1 Å². The van der Waals surface area contributed by atoms with Gasteiger partial charge in [0.25, 0.3) is 6.10 Å². The summed E-state index contributed by atoms with van der Waals surface area (Å²) in [4.78, 5) is 11.6. The lowest BCUT2D eigenvalue weighted by Crippen LogP contribution is -2.49. The van der Waals surface area contributed by atoms with Crippen LogP contribution in [-0.2, 0) is 9.53 Å². The molecule has 0 saturated heterocycles. The second-order valence-electron chi connectivity index (χ2n) is 5.74. The van der Waals surface area contributed by atoms with Crippen LogP contribution in [0.3, 0.4) is 0 Å². The average Bonchev–Trinajstić information content (AvgIpc) is 2.07. The minimum absolute atomic E-state index is 0.855. The van der Waals surface area contributed by atoms with E-state index in [1.807, 2.05) is 0 Å². The summed E-state index contributed by atoms with van der Waals surface area (Å²) in [7, 11) is 0. The molecular weight excluding hydrogens is 278 g/mol. The van der Waals surface area contributed by atoms with Crippen molar-refractivity contribution in [1.82, 2.24) is 0 Å². The topological polar surface area (TPSA) is 26.3 Å². The summed E-state index contributed by atoms with van der Waals surface area (Å²) < 4.78 is 77.3. The lowest BCUT2D eigenvalue weighted by molar-refractivity contribution is -0.316. The van der Waals surface area contributed by atoms with Crippen molar-refractivity contribution in [1.29, 1.82) is 0 Å². The van der Waals surface area contributed by atoms with E-state index in [0.29, 0.717) is 0 Å². The molecule has 0 unspecified atom stereocenters. The highest BCUT2D eigenvalue weighted by molar-refractivity contribution is 5.77. The summed E-state index contributed by atoms with van der Waals surface area (Å²) in [5.74, 6) is -1.54. The summed E-state index contributed by atoms with van der Waals surface area (Å²) >= 11 is 0. The zero-order valence-electron chi connectivity index (χ0n) is 11.2. The fourth-order valence-corrected chi connectivity index (χ4v) is 0.880. The van der Waals surface area contributed by atoms with Crippen molar-refractivity contribution < 1.29 is 35.9 Å². The van der Waals surface area contributed by atoms with Gasteiger partial charge in [0, 0.05) is 0 Å². The third kappa shape index (κ3) is 4.28. The van der Waals surface area contributed by atoms with Crippen LogP contribution in [0.5, 0.6) is 0 Å². The van der Waals surface area contributed by atoms with Gasteiger partial charge in [0.05, 0.1) is 5.41 Å². The molecule has 0 aliphatic carbocycles. The average molecular weight is 294 g/mol. The second kappa shape index (κ2) is 4.86. The molecule has 0 aromatic carbocycles. The molecule has 0 aliphatic rings. The van der Waals surface area contributed by atoms with Gasteiger partial charge >= 0.3 is 18.3 Å². The van der Waals surface area contributed by atoms with E-state index in [1.165, 1.54) is 34.6 Å². The van der Waals surface area contributed by atoms with Crippen molar-refractivity contribution in [2.24, 2.45) is 10.8 Å². The smallest absolute Gasteiger partial charge is 0.434 e. The summed E-state index contributed by atoms with van der Waals surface area (Å²) in [5.41, 5.74) is -2.35. The van der Waals surface area contributed by atoms with Gasteiger partial charge < -0.3 is 4.74 Å². The highest BCUT2D eigenvalue weighted by Crippen LogP contribution is 2.42. The van der Waals surface area contributed by atoms with Crippen LogP contribution in [0.15, 0.2) is 0 Å². The lowest BCUT2D eigenvalue weighted by atomic mass is 9.69. The number of ether oxygens (including phenoxy) is 1. The largest absolute Gasteiger partial charge is 0.442 e. The maximum atomic E-state index is 12.3. The van der Waals surface area contributed by atoms with Crippen molar-refractivity contribution in [2.45, 2.75) is 53.1 Å². The first-order valence-electron chi connectivity index (χ1n) is 5.36. The van der Waals surface area contributed by atoms with Gasteiger partial charge in [-0.05, 0) is 19.3 Å². The molecule has 8 heteroatoms. The molecule has 0 N–H and O–H groups in total. The molecule has 0 bridgehead atoms. The Morgan fingerprint density at radius 1 is 0.842 bits per heavy atom. The van der Waals surface area contributed by atoms with Gasteiger partial charge in [-0.15, -0.1) is 0 Å². The van der Waals surface area contributed by atoms with E-state index >= 15 is 0 Å². The van der Waals surface area contributed by atoms with E-state index in [0.717, 1.165) is 0 Å². The van der Waals surface area contributed by atoms with E-state index in [-0.39, 0.29) is 0 Å². The Labute approximate surface area is 107 Å². The maximum absolute atomic E-state index is 12.3. The normalized spacial score (nSPS) is 14.7. The lowest BCUT2D eigenvalue weighted by Gasteiger charge is -2.37. The van der Waals surface area contributed by atoms with Gasteiger partial charge in [-0.3, -0.25) is 4.79 Å². The molecule has 0 aromatic heterocycles. The molecule has 2 nitrogen and oxygen atoms in total.